The summed E-state index contributed by atoms with van der Waals surface area (Å²) in [6.45, 7) is 4.22. The number of carbonyl (C=O) groups is 3. The molecule has 138 valence electrons. The van der Waals surface area contributed by atoms with Crippen molar-refractivity contribution in [1.82, 2.24) is 16.0 Å². The maximum absolute atomic E-state index is 12.1. The molecule has 0 aliphatic rings. The molecule has 0 saturated heterocycles. The smallest absolute Gasteiger partial charge is 0.223 e. The molecule has 0 bridgehead atoms. The van der Waals surface area contributed by atoms with Gasteiger partial charge in [0.05, 0.1) is 0 Å². The summed E-state index contributed by atoms with van der Waals surface area (Å²) in [5, 5.41) is 8.26. The lowest BCUT2D eigenvalue weighted by molar-refractivity contribution is -0.126. The number of nitrogens with one attached hydrogen (secondary N) is 3. The number of carbonyl (C=O) groups excluding carboxylic acids is 3. The van der Waals surface area contributed by atoms with Crippen LogP contribution in [0.4, 0.5) is 0 Å². The van der Waals surface area contributed by atoms with Crippen LogP contribution in [0.5, 0.6) is 0 Å². The third-order valence-electron chi connectivity index (χ3n) is 4.13. The summed E-state index contributed by atoms with van der Waals surface area (Å²) in [5.74, 6) is -0.527. The molecule has 0 aromatic heterocycles. The van der Waals surface area contributed by atoms with E-state index in [0.717, 1.165) is 5.56 Å². The van der Waals surface area contributed by atoms with E-state index in [2.05, 4.69) is 16.0 Å². The maximum Gasteiger partial charge on any atom is 0.223 e. The summed E-state index contributed by atoms with van der Waals surface area (Å²) in [4.78, 5) is 35.0. The van der Waals surface area contributed by atoms with Crippen molar-refractivity contribution in [2.75, 3.05) is 20.1 Å². The summed E-state index contributed by atoms with van der Waals surface area (Å²) >= 11 is 0. The second-order valence-electron chi connectivity index (χ2n) is 6.25. The van der Waals surface area contributed by atoms with Crippen LogP contribution < -0.4 is 16.0 Å². The third-order valence-corrected chi connectivity index (χ3v) is 4.13. The predicted octanol–water partition coefficient (Wildman–Crippen LogP) is 1.26. The highest BCUT2D eigenvalue weighted by Gasteiger charge is 2.19. The molecule has 0 spiro atoms. The molecule has 3 N–H and O–H groups in total. The van der Waals surface area contributed by atoms with Gasteiger partial charge in [-0.3, -0.25) is 14.4 Å². The minimum atomic E-state index is -0.181. The molecular weight excluding hydrogens is 318 g/mol. The zero-order valence-corrected chi connectivity index (χ0v) is 15.3. The molecule has 0 radical (unpaired) electrons. The summed E-state index contributed by atoms with van der Waals surface area (Å²) < 4.78 is 0. The summed E-state index contributed by atoms with van der Waals surface area (Å²) in [6, 6.07) is 9.85. The Labute approximate surface area is 149 Å². The van der Waals surface area contributed by atoms with Gasteiger partial charge in [0, 0.05) is 38.9 Å². The average Bonchev–Trinajstić information content (AvgIpc) is 2.60. The van der Waals surface area contributed by atoms with Crippen LogP contribution in [-0.2, 0) is 20.8 Å². The first-order chi connectivity index (χ1) is 11.9. The molecule has 0 unspecified atom stereocenters. The van der Waals surface area contributed by atoms with Crippen LogP contribution in [0.2, 0.25) is 0 Å². The van der Waals surface area contributed by atoms with Crippen LogP contribution in [0.15, 0.2) is 30.3 Å². The van der Waals surface area contributed by atoms with Gasteiger partial charge in [-0.1, -0.05) is 37.3 Å². The molecule has 6 nitrogen and oxygen atoms in total. The van der Waals surface area contributed by atoms with Crippen molar-refractivity contribution in [2.45, 2.75) is 33.1 Å². The van der Waals surface area contributed by atoms with Crippen LogP contribution >= 0.6 is 0 Å². The van der Waals surface area contributed by atoms with Crippen molar-refractivity contribution in [2.24, 2.45) is 11.8 Å². The monoisotopic (exact) mass is 347 g/mol. The lowest BCUT2D eigenvalue weighted by Crippen LogP contribution is -2.36. The Bertz CT molecular complexity index is 560. The van der Waals surface area contributed by atoms with Crippen LogP contribution in [0, 0.1) is 11.8 Å². The Morgan fingerprint density at radius 2 is 1.60 bits per heavy atom. The number of amides is 3. The number of benzene rings is 1. The number of rotatable bonds is 10. The highest BCUT2D eigenvalue weighted by Crippen LogP contribution is 2.12. The highest BCUT2D eigenvalue weighted by molar-refractivity contribution is 5.79. The fourth-order valence-electron chi connectivity index (χ4n) is 2.57. The molecule has 0 aliphatic carbocycles. The molecule has 25 heavy (non-hydrogen) atoms. The Kier molecular flexibility index (Phi) is 9.29. The van der Waals surface area contributed by atoms with Crippen LogP contribution in [-0.4, -0.2) is 37.9 Å². The second kappa shape index (κ2) is 11.2. The lowest BCUT2D eigenvalue weighted by atomic mass is 9.95. The van der Waals surface area contributed by atoms with Gasteiger partial charge in [0.25, 0.3) is 0 Å². The Morgan fingerprint density at radius 1 is 0.960 bits per heavy atom. The average molecular weight is 347 g/mol. The molecule has 1 aromatic carbocycles. The SMILES string of the molecule is CNC(=O)[C@@H](CCNC(=O)[C@H](C)CCNC(C)=O)Cc1ccccc1. The van der Waals surface area contributed by atoms with Gasteiger partial charge in [0.15, 0.2) is 0 Å². The van der Waals surface area contributed by atoms with Crippen LogP contribution in [0.3, 0.4) is 0 Å². The molecule has 0 fully saturated rings. The Morgan fingerprint density at radius 3 is 2.20 bits per heavy atom. The van der Waals surface area contributed by atoms with E-state index >= 15 is 0 Å². The van der Waals surface area contributed by atoms with Gasteiger partial charge in [-0.25, -0.2) is 0 Å². The van der Waals surface area contributed by atoms with Crippen molar-refractivity contribution >= 4 is 17.7 Å². The first-order valence-corrected chi connectivity index (χ1v) is 8.71. The van der Waals surface area contributed by atoms with Gasteiger partial charge in [0.1, 0.15) is 0 Å². The van der Waals surface area contributed by atoms with E-state index < -0.39 is 0 Å². The summed E-state index contributed by atoms with van der Waals surface area (Å²) in [6.07, 6.45) is 1.82. The maximum atomic E-state index is 12.1. The van der Waals surface area contributed by atoms with Crippen molar-refractivity contribution in [3.05, 3.63) is 35.9 Å². The normalized spacial score (nSPS) is 12.8. The molecular formula is C19H29N3O3. The fourth-order valence-corrected chi connectivity index (χ4v) is 2.57. The van der Waals surface area contributed by atoms with Gasteiger partial charge >= 0.3 is 0 Å². The molecule has 1 aromatic rings. The van der Waals surface area contributed by atoms with Gasteiger partial charge in [0.2, 0.25) is 17.7 Å². The van der Waals surface area contributed by atoms with E-state index in [1.165, 1.54) is 6.92 Å². The van der Waals surface area contributed by atoms with Crippen LogP contribution in [0.1, 0.15) is 32.3 Å². The number of hydrogen-bond acceptors (Lipinski definition) is 3. The third kappa shape index (κ3) is 8.33. The minimum Gasteiger partial charge on any atom is -0.359 e. The molecule has 0 saturated carbocycles. The Hall–Kier alpha value is -2.37. The molecule has 0 aliphatic heterocycles. The molecule has 1 rings (SSSR count). The van der Waals surface area contributed by atoms with Crippen molar-refractivity contribution in [3.8, 4) is 0 Å². The molecule has 2 atom stereocenters. The fraction of sp³-hybridized carbons (Fsp3) is 0.526. The van der Waals surface area contributed by atoms with Gasteiger partial charge in [-0.2, -0.15) is 0 Å². The predicted molar refractivity (Wildman–Crippen MR) is 97.8 cm³/mol. The number of hydrogen-bond donors (Lipinski definition) is 3. The van der Waals surface area contributed by atoms with Gasteiger partial charge in [-0.05, 0) is 24.8 Å². The van der Waals surface area contributed by atoms with E-state index in [-0.39, 0.29) is 29.6 Å². The topological polar surface area (TPSA) is 87.3 Å². The second-order valence-corrected chi connectivity index (χ2v) is 6.25. The van der Waals surface area contributed by atoms with Crippen molar-refractivity contribution in [3.63, 3.8) is 0 Å². The van der Waals surface area contributed by atoms with E-state index in [0.29, 0.717) is 32.4 Å². The first kappa shape index (κ1) is 20.7. The van der Waals surface area contributed by atoms with Crippen molar-refractivity contribution < 1.29 is 14.4 Å². The van der Waals surface area contributed by atoms with E-state index in [9.17, 15) is 14.4 Å². The standard InChI is InChI=1S/C19H29N3O3/c1-14(9-11-21-15(2)23)18(24)22-12-10-17(19(25)20-3)13-16-7-5-4-6-8-16/h4-8,14,17H,9-13H2,1-3H3,(H,20,25)(H,21,23)(H,22,24)/t14-,17+/m1/s1. The summed E-state index contributed by atoms with van der Waals surface area (Å²) in [7, 11) is 1.63. The van der Waals surface area contributed by atoms with Crippen molar-refractivity contribution in [1.29, 1.82) is 0 Å². The molecule has 6 heteroatoms. The quantitative estimate of drug-likeness (QED) is 0.595. The Balaban J connectivity index is 2.41. The van der Waals surface area contributed by atoms with Gasteiger partial charge in [-0.15, -0.1) is 0 Å². The zero-order chi connectivity index (χ0) is 18.7. The molecule has 3 amide bonds. The minimum absolute atomic E-state index is 0.0168. The van der Waals surface area contributed by atoms with Crippen LogP contribution in [0.25, 0.3) is 0 Å². The molecule has 0 heterocycles. The lowest BCUT2D eigenvalue weighted by Gasteiger charge is -2.17. The van der Waals surface area contributed by atoms with E-state index in [1.54, 1.807) is 7.05 Å². The van der Waals surface area contributed by atoms with E-state index in [1.807, 2.05) is 37.3 Å². The summed E-state index contributed by atoms with van der Waals surface area (Å²) in [5.41, 5.74) is 1.10. The van der Waals surface area contributed by atoms with Gasteiger partial charge < -0.3 is 16.0 Å². The zero-order valence-electron chi connectivity index (χ0n) is 15.3. The largest absolute Gasteiger partial charge is 0.359 e. The van der Waals surface area contributed by atoms with E-state index in [4.69, 9.17) is 0 Å². The highest BCUT2D eigenvalue weighted by atomic mass is 16.2. The first-order valence-electron chi connectivity index (χ1n) is 8.71.